The average molecular weight is 216 g/mol. The highest BCUT2D eigenvalue weighted by Gasteiger charge is 2.04. The molecular weight excluding hydrogens is 192 g/mol. The molecule has 0 aromatic carbocycles. The van der Waals surface area contributed by atoms with Crippen LogP contribution >= 0.6 is 0 Å². The van der Waals surface area contributed by atoms with E-state index in [1.54, 1.807) is 0 Å². The monoisotopic (exact) mass is 216 g/mol. The topological polar surface area (TPSA) is 58.2 Å². The molecule has 90 valence electrons. The third kappa shape index (κ3) is 12.9. The zero-order chi connectivity index (χ0) is 12.3. The third-order valence-electron chi connectivity index (χ3n) is 1.75. The van der Waals surface area contributed by atoms with Gasteiger partial charge >= 0.3 is 0 Å². The van der Waals surface area contributed by atoms with Gasteiger partial charge in [-0.3, -0.25) is 9.59 Å². The van der Waals surface area contributed by atoms with E-state index in [4.69, 9.17) is 0 Å². The smallest absolute Gasteiger partial charge is 0.221 e. The molecule has 0 aliphatic rings. The van der Waals surface area contributed by atoms with Crippen molar-refractivity contribution < 1.29 is 9.59 Å². The zero-order valence-electron chi connectivity index (χ0n) is 10.5. The summed E-state index contributed by atoms with van der Waals surface area (Å²) >= 11 is 0. The largest absolute Gasteiger partial charge is 0.356 e. The molecule has 4 nitrogen and oxygen atoms in total. The van der Waals surface area contributed by atoms with E-state index in [9.17, 15) is 9.59 Å². The second kappa shape index (κ2) is 11.0. The van der Waals surface area contributed by atoms with Gasteiger partial charge in [-0.05, 0) is 13.3 Å². The number of nitrogens with one attached hydrogen (secondary N) is 2. The van der Waals surface area contributed by atoms with Crippen LogP contribution in [0.15, 0.2) is 0 Å². The first-order valence-electron chi connectivity index (χ1n) is 5.60. The van der Waals surface area contributed by atoms with Gasteiger partial charge in [-0.1, -0.05) is 20.8 Å². The van der Waals surface area contributed by atoms with E-state index in [0.29, 0.717) is 13.0 Å². The average Bonchev–Trinajstić information content (AvgIpc) is 2.20. The lowest BCUT2D eigenvalue weighted by Gasteiger charge is -2.10. The van der Waals surface area contributed by atoms with E-state index in [1.165, 1.54) is 6.92 Å². The summed E-state index contributed by atoms with van der Waals surface area (Å²) in [6.07, 6.45) is 1.27. The Morgan fingerprint density at radius 1 is 1.27 bits per heavy atom. The van der Waals surface area contributed by atoms with Gasteiger partial charge in [-0.15, -0.1) is 0 Å². The highest BCUT2D eigenvalue weighted by molar-refractivity contribution is 5.78. The highest BCUT2D eigenvalue weighted by Crippen LogP contribution is 1.88. The van der Waals surface area contributed by atoms with Crippen LogP contribution in [0.1, 0.15) is 47.5 Å². The second-order valence-corrected chi connectivity index (χ2v) is 3.11. The number of amides is 2. The summed E-state index contributed by atoms with van der Waals surface area (Å²) in [7, 11) is 0. The lowest BCUT2D eigenvalue weighted by molar-refractivity contribution is -0.122. The Bertz CT molecular complexity index is 181. The van der Waals surface area contributed by atoms with Crippen molar-refractivity contribution in [2.45, 2.75) is 53.5 Å². The van der Waals surface area contributed by atoms with Crippen LogP contribution in [0.3, 0.4) is 0 Å². The maximum absolute atomic E-state index is 11.1. The fourth-order valence-electron chi connectivity index (χ4n) is 0.801. The summed E-state index contributed by atoms with van der Waals surface area (Å²) in [4.78, 5) is 21.6. The van der Waals surface area contributed by atoms with Crippen LogP contribution in [0.5, 0.6) is 0 Å². The van der Waals surface area contributed by atoms with Crippen LogP contribution in [-0.4, -0.2) is 24.4 Å². The number of carbonyl (C=O) groups is 2. The van der Waals surface area contributed by atoms with Gasteiger partial charge in [0, 0.05) is 25.9 Å². The predicted molar refractivity (Wildman–Crippen MR) is 62.5 cm³/mol. The zero-order valence-corrected chi connectivity index (χ0v) is 10.5. The van der Waals surface area contributed by atoms with Gasteiger partial charge in [0.25, 0.3) is 0 Å². The van der Waals surface area contributed by atoms with Gasteiger partial charge in [0.2, 0.25) is 11.8 Å². The molecule has 0 heterocycles. The summed E-state index contributed by atoms with van der Waals surface area (Å²) in [6, 6.07) is 0.213. The molecule has 15 heavy (non-hydrogen) atoms. The molecule has 0 fully saturated rings. The van der Waals surface area contributed by atoms with Gasteiger partial charge in [-0.2, -0.15) is 0 Å². The minimum atomic E-state index is -0.101. The van der Waals surface area contributed by atoms with Crippen LogP contribution < -0.4 is 10.6 Å². The van der Waals surface area contributed by atoms with Crippen LogP contribution in [0.4, 0.5) is 0 Å². The van der Waals surface area contributed by atoms with Gasteiger partial charge in [-0.25, -0.2) is 0 Å². The summed E-state index contributed by atoms with van der Waals surface area (Å²) in [6.45, 7) is 9.82. The fraction of sp³-hybridized carbons (Fsp3) is 0.818. The lowest BCUT2D eigenvalue weighted by Crippen LogP contribution is -2.34. The van der Waals surface area contributed by atoms with Crippen molar-refractivity contribution in [3.63, 3.8) is 0 Å². The molecule has 1 unspecified atom stereocenters. The molecule has 4 heteroatoms. The van der Waals surface area contributed by atoms with Crippen LogP contribution in [0.2, 0.25) is 0 Å². The van der Waals surface area contributed by atoms with Crippen LogP contribution in [0.25, 0.3) is 0 Å². The predicted octanol–water partition coefficient (Wildman–Crippen LogP) is 1.45. The normalized spacial score (nSPS) is 10.7. The van der Waals surface area contributed by atoms with E-state index < -0.39 is 0 Å². The Balaban J connectivity index is 0. The summed E-state index contributed by atoms with van der Waals surface area (Å²) in [5.74, 6) is -0.112. The molecule has 0 aromatic heterocycles. The van der Waals surface area contributed by atoms with Crippen molar-refractivity contribution in [3.05, 3.63) is 0 Å². The van der Waals surface area contributed by atoms with Gasteiger partial charge in [0.1, 0.15) is 0 Å². The molecule has 0 saturated carbocycles. The maximum Gasteiger partial charge on any atom is 0.221 e. The second-order valence-electron chi connectivity index (χ2n) is 3.11. The minimum Gasteiger partial charge on any atom is -0.356 e. The van der Waals surface area contributed by atoms with Gasteiger partial charge in [0.05, 0.1) is 0 Å². The molecule has 0 rings (SSSR count). The molecule has 0 saturated heterocycles. The molecule has 0 spiro atoms. The molecule has 1 atom stereocenters. The Hall–Kier alpha value is -1.06. The van der Waals surface area contributed by atoms with Crippen molar-refractivity contribution in [3.8, 4) is 0 Å². The van der Waals surface area contributed by atoms with E-state index >= 15 is 0 Å². The number of carbonyl (C=O) groups excluding carboxylic acids is 2. The first-order valence-corrected chi connectivity index (χ1v) is 5.60. The molecule has 2 amide bonds. The quantitative estimate of drug-likeness (QED) is 0.731. The summed E-state index contributed by atoms with van der Waals surface area (Å²) in [5, 5.41) is 5.38. The maximum atomic E-state index is 11.1. The number of rotatable bonds is 5. The standard InChI is InChI=1S/C9H18N2O2.C2H6/c1-4-7(2)11-9(13)5-6-10-8(3)12;1-2/h7H,4-6H2,1-3H3,(H,10,12)(H,11,13);1-2H3. The van der Waals surface area contributed by atoms with Gasteiger partial charge in [0.15, 0.2) is 0 Å². The molecular formula is C11H24N2O2. The molecule has 0 bridgehead atoms. The molecule has 0 radical (unpaired) electrons. The summed E-state index contributed by atoms with van der Waals surface area (Å²) in [5.41, 5.74) is 0. The van der Waals surface area contributed by atoms with Crippen molar-refractivity contribution in [2.24, 2.45) is 0 Å². The Kier molecular flexibility index (Phi) is 12.0. The summed E-state index contributed by atoms with van der Waals surface area (Å²) < 4.78 is 0. The van der Waals surface area contributed by atoms with E-state index in [1.807, 2.05) is 27.7 Å². The Morgan fingerprint density at radius 3 is 2.20 bits per heavy atom. The van der Waals surface area contributed by atoms with Crippen molar-refractivity contribution >= 4 is 11.8 Å². The molecule has 0 aliphatic carbocycles. The first kappa shape index (κ1) is 16.4. The van der Waals surface area contributed by atoms with E-state index in [0.717, 1.165) is 6.42 Å². The number of hydrogen-bond donors (Lipinski definition) is 2. The van der Waals surface area contributed by atoms with Crippen LogP contribution in [0, 0.1) is 0 Å². The minimum absolute atomic E-state index is 0.0110. The lowest BCUT2D eigenvalue weighted by atomic mass is 10.2. The van der Waals surface area contributed by atoms with Crippen molar-refractivity contribution in [1.82, 2.24) is 10.6 Å². The number of hydrogen-bond acceptors (Lipinski definition) is 2. The van der Waals surface area contributed by atoms with E-state index in [-0.39, 0.29) is 17.9 Å². The first-order chi connectivity index (χ1) is 7.06. The van der Waals surface area contributed by atoms with Crippen LogP contribution in [-0.2, 0) is 9.59 Å². The SMILES string of the molecule is CC.CCC(C)NC(=O)CCNC(C)=O. The molecule has 2 N–H and O–H groups in total. The van der Waals surface area contributed by atoms with Crippen molar-refractivity contribution in [1.29, 1.82) is 0 Å². The van der Waals surface area contributed by atoms with Gasteiger partial charge < -0.3 is 10.6 Å². The Labute approximate surface area is 92.8 Å². The Morgan fingerprint density at radius 2 is 1.80 bits per heavy atom. The molecule has 0 aromatic rings. The highest BCUT2D eigenvalue weighted by atomic mass is 16.2. The fourth-order valence-corrected chi connectivity index (χ4v) is 0.801. The third-order valence-corrected chi connectivity index (χ3v) is 1.75. The molecule has 0 aliphatic heterocycles. The van der Waals surface area contributed by atoms with Crippen molar-refractivity contribution in [2.75, 3.05) is 6.54 Å². The van der Waals surface area contributed by atoms with E-state index in [2.05, 4.69) is 10.6 Å².